The van der Waals surface area contributed by atoms with E-state index in [-0.39, 0.29) is 5.56 Å². The summed E-state index contributed by atoms with van der Waals surface area (Å²) in [5, 5.41) is 18.0. The molecule has 0 saturated carbocycles. The summed E-state index contributed by atoms with van der Waals surface area (Å²) in [6.07, 6.45) is -1.54. The number of carbonyl (C=O) groups is 1. The van der Waals surface area contributed by atoms with Gasteiger partial charge >= 0.3 is 5.97 Å². The van der Waals surface area contributed by atoms with Gasteiger partial charge in [-0.15, -0.1) is 0 Å². The Balaban J connectivity index is 3.16. The minimum absolute atomic E-state index is 0.270. The van der Waals surface area contributed by atoms with E-state index in [2.05, 4.69) is 0 Å². The van der Waals surface area contributed by atoms with Gasteiger partial charge in [-0.25, -0.2) is 4.79 Å². The first-order valence-corrected chi connectivity index (χ1v) is 4.88. The molecular formula is C9H9IO4. The van der Waals surface area contributed by atoms with Crippen LogP contribution in [0.5, 0.6) is 5.75 Å². The molecule has 1 atom stereocenters. The van der Waals surface area contributed by atoms with Gasteiger partial charge in [0.25, 0.3) is 0 Å². The molecule has 0 radical (unpaired) electrons. The fourth-order valence-electron chi connectivity index (χ4n) is 1.05. The molecule has 0 aliphatic carbocycles. The van der Waals surface area contributed by atoms with Gasteiger partial charge in [0, 0.05) is 9.13 Å². The zero-order valence-corrected chi connectivity index (χ0v) is 9.56. The van der Waals surface area contributed by atoms with Gasteiger partial charge in [0.2, 0.25) is 0 Å². The number of carboxylic acid groups (broad SMARTS) is 1. The van der Waals surface area contributed by atoms with Crippen molar-refractivity contribution in [3.63, 3.8) is 0 Å². The Labute approximate surface area is 94.7 Å². The summed E-state index contributed by atoms with van der Waals surface area (Å²) < 4.78 is 5.79. The van der Waals surface area contributed by atoms with Crippen LogP contribution in [0.2, 0.25) is 0 Å². The lowest BCUT2D eigenvalue weighted by Gasteiger charge is -2.11. The van der Waals surface area contributed by atoms with Crippen LogP contribution in [0, 0.1) is 3.57 Å². The van der Waals surface area contributed by atoms with Gasteiger partial charge < -0.3 is 14.9 Å². The first-order valence-electron chi connectivity index (χ1n) is 3.80. The fraction of sp³-hybridized carbons (Fsp3) is 0.222. The van der Waals surface area contributed by atoms with Gasteiger partial charge in [-0.3, -0.25) is 0 Å². The van der Waals surface area contributed by atoms with Crippen molar-refractivity contribution in [3.8, 4) is 5.75 Å². The Morgan fingerprint density at radius 1 is 1.57 bits per heavy atom. The first kappa shape index (κ1) is 11.3. The standard InChI is InChI=1S/C9H9IO4/c1-14-7-3-2-5(10)4-6(7)8(11)9(12)13/h2-4,8,11H,1H3,(H,12,13). The predicted octanol–water partition coefficient (Wildman–Crippen LogP) is 1.42. The molecule has 76 valence electrons. The third-order valence-electron chi connectivity index (χ3n) is 1.72. The molecule has 0 spiro atoms. The molecular weight excluding hydrogens is 299 g/mol. The molecule has 0 fully saturated rings. The summed E-state index contributed by atoms with van der Waals surface area (Å²) >= 11 is 2.04. The molecule has 0 heterocycles. The second kappa shape index (κ2) is 4.61. The second-order valence-corrected chi connectivity index (χ2v) is 3.87. The summed E-state index contributed by atoms with van der Waals surface area (Å²) in [4.78, 5) is 10.6. The van der Waals surface area contributed by atoms with E-state index in [4.69, 9.17) is 9.84 Å². The molecule has 0 aliphatic heterocycles. The molecule has 0 saturated heterocycles. The summed E-state index contributed by atoms with van der Waals surface area (Å²) in [5.41, 5.74) is 0.270. The van der Waals surface area contributed by atoms with Crippen LogP contribution in [0.3, 0.4) is 0 Å². The van der Waals surface area contributed by atoms with Crippen molar-refractivity contribution in [1.29, 1.82) is 0 Å². The van der Waals surface area contributed by atoms with E-state index in [0.717, 1.165) is 3.57 Å². The molecule has 4 nitrogen and oxygen atoms in total. The molecule has 1 unspecified atom stereocenters. The summed E-state index contributed by atoms with van der Waals surface area (Å²) in [5.74, 6) is -0.911. The lowest BCUT2D eigenvalue weighted by molar-refractivity contribution is -0.147. The number of hydrogen-bond acceptors (Lipinski definition) is 3. The minimum atomic E-state index is -1.54. The molecule has 2 N–H and O–H groups in total. The number of hydrogen-bond donors (Lipinski definition) is 2. The van der Waals surface area contributed by atoms with E-state index >= 15 is 0 Å². The van der Waals surface area contributed by atoms with Gasteiger partial charge in [-0.1, -0.05) is 0 Å². The second-order valence-electron chi connectivity index (χ2n) is 2.63. The average Bonchev–Trinajstić information content (AvgIpc) is 2.16. The van der Waals surface area contributed by atoms with Crippen molar-refractivity contribution in [3.05, 3.63) is 27.3 Å². The van der Waals surface area contributed by atoms with Gasteiger partial charge in [0.05, 0.1) is 7.11 Å². The van der Waals surface area contributed by atoms with Crippen LogP contribution in [0.1, 0.15) is 11.7 Å². The van der Waals surface area contributed by atoms with Crippen LogP contribution >= 0.6 is 22.6 Å². The van der Waals surface area contributed by atoms with Gasteiger partial charge in [-0.2, -0.15) is 0 Å². The maximum Gasteiger partial charge on any atom is 0.337 e. The molecule has 0 bridgehead atoms. The highest BCUT2D eigenvalue weighted by atomic mass is 127. The Hall–Kier alpha value is -0.820. The summed E-state index contributed by atoms with van der Waals surface area (Å²) in [7, 11) is 1.43. The Morgan fingerprint density at radius 2 is 2.21 bits per heavy atom. The molecule has 14 heavy (non-hydrogen) atoms. The lowest BCUT2D eigenvalue weighted by atomic mass is 10.1. The zero-order valence-electron chi connectivity index (χ0n) is 7.40. The van der Waals surface area contributed by atoms with E-state index in [9.17, 15) is 9.90 Å². The molecule has 0 aliphatic rings. The quantitative estimate of drug-likeness (QED) is 0.829. The van der Waals surface area contributed by atoms with E-state index in [0.29, 0.717) is 5.75 Å². The van der Waals surface area contributed by atoms with Crippen molar-refractivity contribution >= 4 is 28.6 Å². The maximum atomic E-state index is 10.6. The zero-order chi connectivity index (χ0) is 10.7. The number of benzene rings is 1. The van der Waals surface area contributed by atoms with Gasteiger partial charge in [0.1, 0.15) is 5.75 Å². The lowest BCUT2D eigenvalue weighted by Crippen LogP contribution is -2.11. The van der Waals surface area contributed by atoms with E-state index in [1.807, 2.05) is 22.6 Å². The van der Waals surface area contributed by atoms with Crippen LogP contribution in [-0.2, 0) is 4.79 Å². The number of aliphatic hydroxyl groups is 1. The van der Waals surface area contributed by atoms with Crippen LogP contribution in [0.4, 0.5) is 0 Å². The molecule has 5 heteroatoms. The van der Waals surface area contributed by atoms with Crippen LogP contribution < -0.4 is 4.74 Å². The largest absolute Gasteiger partial charge is 0.496 e. The number of rotatable bonds is 3. The monoisotopic (exact) mass is 308 g/mol. The predicted molar refractivity (Wildman–Crippen MR) is 58.3 cm³/mol. The number of aliphatic carboxylic acids is 1. The Kier molecular flexibility index (Phi) is 3.70. The fourth-order valence-corrected chi connectivity index (χ4v) is 1.57. The van der Waals surface area contributed by atoms with Crippen molar-refractivity contribution in [2.75, 3.05) is 7.11 Å². The summed E-state index contributed by atoms with van der Waals surface area (Å²) in [6, 6.07) is 4.99. The number of carboxylic acids is 1. The van der Waals surface area contributed by atoms with E-state index in [1.165, 1.54) is 7.11 Å². The van der Waals surface area contributed by atoms with Crippen molar-refractivity contribution in [2.45, 2.75) is 6.10 Å². The minimum Gasteiger partial charge on any atom is -0.496 e. The SMILES string of the molecule is COc1ccc(I)cc1C(O)C(=O)O. The van der Waals surface area contributed by atoms with Crippen LogP contribution in [0.15, 0.2) is 18.2 Å². The number of halogens is 1. The highest BCUT2D eigenvalue weighted by molar-refractivity contribution is 14.1. The van der Waals surface area contributed by atoms with Crippen LogP contribution in [-0.4, -0.2) is 23.3 Å². The topological polar surface area (TPSA) is 66.8 Å². The van der Waals surface area contributed by atoms with Crippen molar-refractivity contribution in [1.82, 2.24) is 0 Å². The molecule has 1 aromatic rings. The normalized spacial score (nSPS) is 12.2. The maximum absolute atomic E-state index is 10.6. The number of methoxy groups -OCH3 is 1. The smallest absolute Gasteiger partial charge is 0.337 e. The highest BCUT2D eigenvalue weighted by Crippen LogP contribution is 2.26. The third kappa shape index (κ3) is 2.36. The number of aliphatic hydroxyl groups excluding tert-OH is 1. The van der Waals surface area contributed by atoms with E-state index in [1.54, 1.807) is 18.2 Å². The molecule has 1 aromatic carbocycles. The van der Waals surface area contributed by atoms with E-state index < -0.39 is 12.1 Å². The summed E-state index contributed by atoms with van der Waals surface area (Å²) in [6.45, 7) is 0. The Morgan fingerprint density at radius 3 is 2.71 bits per heavy atom. The molecule has 0 aromatic heterocycles. The Bertz CT molecular complexity index is 351. The molecule has 0 amide bonds. The van der Waals surface area contributed by atoms with Crippen molar-refractivity contribution < 1.29 is 19.7 Å². The third-order valence-corrected chi connectivity index (χ3v) is 2.39. The van der Waals surface area contributed by atoms with Crippen molar-refractivity contribution in [2.24, 2.45) is 0 Å². The highest BCUT2D eigenvalue weighted by Gasteiger charge is 2.20. The van der Waals surface area contributed by atoms with Crippen LogP contribution in [0.25, 0.3) is 0 Å². The number of ether oxygens (including phenoxy) is 1. The van der Waals surface area contributed by atoms with Gasteiger partial charge in [-0.05, 0) is 40.8 Å². The average molecular weight is 308 g/mol. The first-order chi connectivity index (χ1) is 6.56. The van der Waals surface area contributed by atoms with Gasteiger partial charge in [0.15, 0.2) is 6.10 Å². The molecule has 1 rings (SSSR count).